The maximum atomic E-state index is 12.9. The van der Waals surface area contributed by atoms with E-state index < -0.39 is 10.0 Å². The SMILES string of the molecule is CS(=O)(=O)N1CCc2cc(C(=O)N3CC[C@@H]4CCCC[C@H]4C3)ccc21. The standard InChI is InChI=1S/C19H26N2O3S/c1-25(23,24)21-11-9-15-12-16(6-7-18(15)21)19(22)20-10-8-14-4-2-3-5-17(14)13-20/h6-7,12,14,17H,2-5,8-11,13H2,1H3/t14-,17-/m0/s1. The molecule has 0 N–H and O–H groups in total. The van der Waals surface area contributed by atoms with Gasteiger partial charge in [0.2, 0.25) is 10.0 Å². The predicted molar refractivity (Wildman–Crippen MR) is 98.3 cm³/mol. The molecule has 136 valence electrons. The van der Waals surface area contributed by atoms with Crippen LogP contribution in [0.3, 0.4) is 0 Å². The van der Waals surface area contributed by atoms with Crippen LogP contribution in [0.1, 0.15) is 48.0 Å². The van der Waals surface area contributed by atoms with Gasteiger partial charge in [-0.25, -0.2) is 8.42 Å². The van der Waals surface area contributed by atoms with Gasteiger partial charge in [-0.3, -0.25) is 9.10 Å². The first-order chi connectivity index (χ1) is 11.9. The molecule has 1 saturated carbocycles. The fourth-order valence-corrected chi connectivity index (χ4v) is 5.78. The molecular formula is C19H26N2O3S. The van der Waals surface area contributed by atoms with Crippen molar-refractivity contribution in [1.29, 1.82) is 0 Å². The molecule has 2 atom stereocenters. The van der Waals surface area contributed by atoms with E-state index in [1.165, 1.54) is 36.2 Å². The first-order valence-corrected chi connectivity index (χ1v) is 11.2. The van der Waals surface area contributed by atoms with Crippen LogP contribution >= 0.6 is 0 Å². The minimum absolute atomic E-state index is 0.102. The molecule has 0 spiro atoms. The number of benzene rings is 1. The van der Waals surface area contributed by atoms with Crippen LogP contribution in [-0.2, 0) is 16.4 Å². The third-order valence-electron chi connectivity index (χ3n) is 6.16. The zero-order valence-electron chi connectivity index (χ0n) is 14.8. The summed E-state index contributed by atoms with van der Waals surface area (Å²) in [5.41, 5.74) is 2.39. The molecule has 0 unspecified atom stereocenters. The smallest absolute Gasteiger partial charge is 0.253 e. The highest BCUT2D eigenvalue weighted by Gasteiger charge is 2.34. The average Bonchev–Trinajstić information content (AvgIpc) is 3.04. The highest BCUT2D eigenvalue weighted by Crippen LogP contribution is 2.37. The Balaban J connectivity index is 1.52. The van der Waals surface area contributed by atoms with Crippen LogP contribution in [0.25, 0.3) is 0 Å². The number of amides is 1. The highest BCUT2D eigenvalue weighted by atomic mass is 32.2. The Hall–Kier alpha value is -1.56. The van der Waals surface area contributed by atoms with Crippen LogP contribution in [0.4, 0.5) is 5.69 Å². The van der Waals surface area contributed by atoms with Crippen LogP contribution in [0.2, 0.25) is 0 Å². The molecule has 2 fully saturated rings. The fraction of sp³-hybridized carbons (Fsp3) is 0.632. The Kier molecular flexibility index (Phi) is 4.26. The number of carbonyl (C=O) groups excluding carboxylic acids is 1. The fourth-order valence-electron chi connectivity index (χ4n) is 4.82. The molecular weight excluding hydrogens is 336 g/mol. The molecule has 4 rings (SSSR count). The van der Waals surface area contributed by atoms with Crippen molar-refractivity contribution < 1.29 is 13.2 Å². The van der Waals surface area contributed by atoms with Crippen molar-refractivity contribution in [2.24, 2.45) is 11.8 Å². The summed E-state index contributed by atoms with van der Waals surface area (Å²) >= 11 is 0. The van der Waals surface area contributed by atoms with Gasteiger partial charge in [0, 0.05) is 25.2 Å². The van der Waals surface area contributed by atoms with Crippen LogP contribution in [0.5, 0.6) is 0 Å². The molecule has 0 aromatic heterocycles. The maximum Gasteiger partial charge on any atom is 0.253 e. The number of piperidine rings is 1. The van der Waals surface area contributed by atoms with Gasteiger partial charge in [0.1, 0.15) is 0 Å². The molecule has 1 aliphatic carbocycles. The van der Waals surface area contributed by atoms with Gasteiger partial charge in [-0.2, -0.15) is 0 Å². The van der Waals surface area contributed by atoms with Crippen molar-refractivity contribution in [1.82, 2.24) is 4.90 Å². The van der Waals surface area contributed by atoms with Crippen LogP contribution < -0.4 is 4.31 Å². The van der Waals surface area contributed by atoms with Gasteiger partial charge in [0.15, 0.2) is 0 Å². The van der Waals surface area contributed by atoms with E-state index in [-0.39, 0.29) is 5.91 Å². The van der Waals surface area contributed by atoms with Crippen molar-refractivity contribution >= 4 is 21.6 Å². The second-order valence-electron chi connectivity index (χ2n) is 7.77. The third kappa shape index (κ3) is 3.16. The number of likely N-dealkylation sites (tertiary alicyclic amines) is 1. The van der Waals surface area contributed by atoms with Crippen LogP contribution in [0.15, 0.2) is 18.2 Å². The summed E-state index contributed by atoms with van der Waals surface area (Å²) in [7, 11) is -3.24. The molecule has 5 nitrogen and oxygen atoms in total. The first-order valence-electron chi connectivity index (χ1n) is 9.33. The monoisotopic (exact) mass is 362 g/mol. The molecule has 25 heavy (non-hydrogen) atoms. The summed E-state index contributed by atoms with van der Waals surface area (Å²) in [6.07, 6.45) is 8.25. The number of rotatable bonds is 2. The molecule has 2 aliphatic heterocycles. The summed E-state index contributed by atoms with van der Waals surface area (Å²) in [6, 6.07) is 5.48. The van der Waals surface area contributed by atoms with Gasteiger partial charge < -0.3 is 4.90 Å². The maximum absolute atomic E-state index is 12.9. The number of fused-ring (bicyclic) bond motifs is 2. The van der Waals surface area contributed by atoms with E-state index in [1.807, 2.05) is 11.0 Å². The zero-order chi connectivity index (χ0) is 17.6. The largest absolute Gasteiger partial charge is 0.338 e. The van der Waals surface area contributed by atoms with E-state index in [2.05, 4.69) is 0 Å². The molecule has 1 amide bonds. The summed E-state index contributed by atoms with van der Waals surface area (Å²) in [4.78, 5) is 15.0. The van der Waals surface area contributed by atoms with Crippen molar-refractivity contribution in [3.8, 4) is 0 Å². The van der Waals surface area contributed by atoms with E-state index in [0.29, 0.717) is 24.4 Å². The Bertz CT molecular complexity index is 790. The molecule has 1 aromatic carbocycles. The Morgan fingerprint density at radius 3 is 2.60 bits per heavy atom. The van der Waals surface area contributed by atoms with Crippen molar-refractivity contribution in [3.05, 3.63) is 29.3 Å². The van der Waals surface area contributed by atoms with Crippen molar-refractivity contribution in [3.63, 3.8) is 0 Å². The Labute approximate surface area is 150 Å². The lowest BCUT2D eigenvalue weighted by molar-refractivity contribution is 0.0521. The number of hydrogen-bond donors (Lipinski definition) is 0. The molecule has 6 heteroatoms. The summed E-state index contributed by atoms with van der Waals surface area (Å²) in [6.45, 7) is 2.21. The summed E-state index contributed by atoms with van der Waals surface area (Å²) in [5.74, 6) is 1.58. The number of hydrogen-bond acceptors (Lipinski definition) is 3. The van der Waals surface area contributed by atoms with E-state index in [9.17, 15) is 13.2 Å². The highest BCUT2D eigenvalue weighted by molar-refractivity contribution is 7.92. The molecule has 2 heterocycles. The van der Waals surface area contributed by atoms with E-state index in [1.54, 1.807) is 12.1 Å². The van der Waals surface area contributed by atoms with Crippen molar-refractivity contribution in [2.75, 3.05) is 30.2 Å². The molecule has 0 bridgehead atoms. The molecule has 3 aliphatic rings. The van der Waals surface area contributed by atoms with Crippen LogP contribution in [-0.4, -0.2) is 45.1 Å². The number of anilines is 1. The van der Waals surface area contributed by atoms with Crippen LogP contribution in [0, 0.1) is 11.8 Å². The Morgan fingerprint density at radius 2 is 1.84 bits per heavy atom. The van der Waals surface area contributed by atoms with E-state index in [4.69, 9.17) is 0 Å². The summed E-state index contributed by atoms with van der Waals surface area (Å²) in [5, 5.41) is 0. The zero-order valence-corrected chi connectivity index (χ0v) is 15.6. The average molecular weight is 362 g/mol. The quantitative estimate of drug-likeness (QED) is 0.813. The van der Waals surface area contributed by atoms with Gasteiger partial charge in [0.05, 0.1) is 11.9 Å². The second kappa shape index (κ2) is 6.31. The Morgan fingerprint density at radius 1 is 1.08 bits per heavy atom. The predicted octanol–water partition coefficient (Wildman–Crippen LogP) is 2.66. The lowest BCUT2D eigenvalue weighted by atomic mass is 9.75. The normalized spacial score (nSPS) is 26.3. The summed E-state index contributed by atoms with van der Waals surface area (Å²) < 4.78 is 25.1. The van der Waals surface area contributed by atoms with Gasteiger partial charge in [0.25, 0.3) is 5.91 Å². The van der Waals surface area contributed by atoms with Gasteiger partial charge in [-0.15, -0.1) is 0 Å². The first kappa shape index (κ1) is 16.9. The third-order valence-corrected chi connectivity index (χ3v) is 7.34. The topological polar surface area (TPSA) is 57.7 Å². The van der Waals surface area contributed by atoms with Crippen molar-refractivity contribution in [2.45, 2.75) is 38.5 Å². The van der Waals surface area contributed by atoms with E-state index in [0.717, 1.165) is 36.7 Å². The van der Waals surface area contributed by atoms with E-state index >= 15 is 0 Å². The molecule has 1 saturated heterocycles. The minimum atomic E-state index is -3.24. The number of carbonyl (C=O) groups is 1. The molecule has 0 radical (unpaired) electrons. The molecule has 1 aromatic rings. The van der Waals surface area contributed by atoms with Gasteiger partial charge in [-0.05, 0) is 54.9 Å². The van der Waals surface area contributed by atoms with Gasteiger partial charge >= 0.3 is 0 Å². The number of nitrogens with zero attached hydrogens (tertiary/aromatic N) is 2. The lowest BCUT2D eigenvalue weighted by Crippen LogP contribution is -2.44. The lowest BCUT2D eigenvalue weighted by Gasteiger charge is -2.41. The van der Waals surface area contributed by atoms with Gasteiger partial charge in [-0.1, -0.05) is 19.3 Å². The minimum Gasteiger partial charge on any atom is -0.338 e. The number of sulfonamides is 1. The second-order valence-corrected chi connectivity index (χ2v) is 9.68.